The molecule has 1 N–H and O–H groups in total. The van der Waals surface area contributed by atoms with Crippen molar-refractivity contribution < 1.29 is 30.3 Å². The summed E-state index contributed by atoms with van der Waals surface area (Å²) < 4.78 is -0.843. The molecule has 0 aromatic carbocycles. The first kappa shape index (κ1) is 10.7. The Bertz CT molecular complexity index is 64.7. The average Bonchev–Trinajstić information content (AvgIpc) is 1.36. The number of hydrogen-bond donors (Lipinski definition) is 3. The Morgan fingerprint density at radius 2 is 1.71 bits per heavy atom. The molecule has 0 spiro atoms. The predicted octanol–water partition coefficient (Wildman–Crippen LogP) is 0.254. The van der Waals surface area contributed by atoms with Crippen LogP contribution < -0.4 is 0 Å². The monoisotopic (exact) mass is 230 g/mol. The van der Waals surface area contributed by atoms with Crippen LogP contribution in [-0.4, -0.2) is 15.7 Å². The number of hydrogen-bond acceptors (Lipinski definition) is 3. The molecule has 0 fully saturated rings. The quantitative estimate of drug-likeness (QED) is 0.343. The molecule has 46 valence electrons. The van der Waals surface area contributed by atoms with Crippen molar-refractivity contribution in [2.24, 2.45) is 0 Å². The molecule has 0 heterocycles. The van der Waals surface area contributed by atoms with Crippen molar-refractivity contribution in [3.8, 4) is 0 Å². The number of carboxylic acids is 1. The molecule has 0 amide bonds. The number of carboxylic acid groups (broad SMARTS) is 1. The fourth-order valence-electron chi connectivity index (χ4n) is 0. The number of thiol groups is 2. The fourth-order valence-corrected chi connectivity index (χ4v) is 0. The van der Waals surface area contributed by atoms with E-state index in [1.807, 2.05) is 0 Å². The summed E-state index contributed by atoms with van der Waals surface area (Å²) in [6, 6.07) is 0. The molecule has 0 aromatic heterocycles. The fraction of sp³-hybridized carbons (Fsp3) is 0.500. The molecule has 0 saturated carbocycles. The third-order valence-electron chi connectivity index (χ3n) is 0.221. The van der Waals surface area contributed by atoms with Crippen LogP contribution in [-0.2, 0) is 25.2 Å². The van der Waals surface area contributed by atoms with Crippen LogP contribution >= 0.6 is 25.3 Å². The molecule has 5 heteroatoms. The van der Waals surface area contributed by atoms with E-state index in [2.05, 4.69) is 25.3 Å². The third kappa shape index (κ3) is 6.83. The van der Waals surface area contributed by atoms with Gasteiger partial charge < -0.3 is 5.11 Å². The summed E-state index contributed by atoms with van der Waals surface area (Å²) in [6.45, 7) is 0. The maximum Gasteiger partial charge on any atom is 0.326 e. The molecular weight excluding hydrogens is 227 g/mol. The molecule has 0 saturated heterocycles. The summed E-state index contributed by atoms with van der Waals surface area (Å²) in [7, 11) is 0. The minimum absolute atomic E-state index is 0. The van der Waals surface area contributed by atoms with Gasteiger partial charge in [0, 0.05) is 20.4 Å². The van der Waals surface area contributed by atoms with Crippen LogP contribution in [0.4, 0.5) is 0 Å². The van der Waals surface area contributed by atoms with Crippen molar-refractivity contribution in [2.45, 2.75) is 4.58 Å². The minimum atomic E-state index is -1.01. The van der Waals surface area contributed by atoms with Gasteiger partial charge in [-0.2, -0.15) is 25.3 Å². The predicted molar refractivity (Wildman–Crippen MR) is 29.4 cm³/mol. The van der Waals surface area contributed by atoms with Gasteiger partial charge >= 0.3 is 5.97 Å². The van der Waals surface area contributed by atoms with Gasteiger partial charge in [-0.1, -0.05) is 0 Å². The molecule has 0 aliphatic carbocycles. The molecule has 0 radical (unpaired) electrons. The van der Waals surface area contributed by atoms with E-state index in [4.69, 9.17) is 5.11 Å². The molecule has 0 bridgehead atoms. The summed E-state index contributed by atoms with van der Waals surface area (Å²) >= 11 is 6.92. The summed E-state index contributed by atoms with van der Waals surface area (Å²) in [6.07, 6.45) is 0. The molecule has 0 rings (SSSR count). The van der Waals surface area contributed by atoms with Gasteiger partial charge in [0.05, 0.1) is 0 Å². The van der Waals surface area contributed by atoms with Crippen LogP contribution in [0.25, 0.3) is 0 Å². The Morgan fingerprint density at radius 3 is 1.71 bits per heavy atom. The van der Waals surface area contributed by atoms with Crippen LogP contribution in [0, 0.1) is 0 Å². The number of carbonyl (C=O) groups is 1. The zero-order chi connectivity index (χ0) is 5.15. The van der Waals surface area contributed by atoms with Gasteiger partial charge in [0.2, 0.25) is 0 Å². The Morgan fingerprint density at radius 1 is 1.57 bits per heavy atom. The summed E-state index contributed by atoms with van der Waals surface area (Å²) in [5.41, 5.74) is 0. The first-order valence-corrected chi connectivity index (χ1v) is 2.27. The summed E-state index contributed by atoms with van der Waals surface area (Å²) in [5.74, 6) is -1.01. The van der Waals surface area contributed by atoms with E-state index < -0.39 is 10.6 Å². The second kappa shape index (κ2) is 4.98. The van der Waals surface area contributed by atoms with Gasteiger partial charge in [-0.05, 0) is 0 Å². The van der Waals surface area contributed by atoms with Crippen LogP contribution in [0.15, 0.2) is 0 Å². The normalized spacial score (nSPS) is 7.86. The van der Waals surface area contributed by atoms with Crippen LogP contribution in [0.2, 0.25) is 0 Å². The van der Waals surface area contributed by atoms with Gasteiger partial charge in [-0.3, -0.25) is 4.79 Å². The molecular formula is C2H4O2PdS2. The van der Waals surface area contributed by atoms with E-state index in [0.717, 1.165) is 0 Å². The van der Waals surface area contributed by atoms with Gasteiger partial charge in [0.15, 0.2) is 0 Å². The van der Waals surface area contributed by atoms with Crippen molar-refractivity contribution in [1.82, 2.24) is 0 Å². The Kier molecular flexibility index (Phi) is 7.64. The second-order valence-electron chi connectivity index (χ2n) is 0.712. The largest absolute Gasteiger partial charge is 0.480 e. The first-order valence-electron chi connectivity index (χ1n) is 1.23. The van der Waals surface area contributed by atoms with Crippen molar-refractivity contribution >= 4 is 31.2 Å². The topological polar surface area (TPSA) is 37.3 Å². The third-order valence-corrected chi connectivity index (χ3v) is 0.663. The maximum absolute atomic E-state index is 9.55. The van der Waals surface area contributed by atoms with Gasteiger partial charge in [0.25, 0.3) is 0 Å². The average molecular weight is 231 g/mol. The van der Waals surface area contributed by atoms with Crippen LogP contribution in [0.1, 0.15) is 0 Å². The molecule has 0 aliphatic heterocycles. The second-order valence-corrected chi connectivity index (χ2v) is 2.15. The van der Waals surface area contributed by atoms with Crippen LogP contribution in [0.5, 0.6) is 0 Å². The standard InChI is InChI=1S/C2H4O2S2.Pd/c3-1(4)2(5)6;/h2,5-6H,(H,3,4);. The van der Waals surface area contributed by atoms with E-state index in [0.29, 0.717) is 0 Å². The molecule has 0 unspecified atom stereocenters. The molecule has 0 atom stereocenters. The first-order chi connectivity index (χ1) is 2.64. The summed E-state index contributed by atoms with van der Waals surface area (Å²) in [5, 5.41) is 7.84. The number of rotatable bonds is 1. The van der Waals surface area contributed by atoms with Crippen molar-refractivity contribution in [3.05, 3.63) is 0 Å². The minimum Gasteiger partial charge on any atom is -0.480 e. The van der Waals surface area contributed by atoms with E-state index in [-0.39, 0.29) is 20.4 Å². The molecule has 0 aromatic rings. The van der Waals surface area contributed by atoms with Crippen molar-refractivity contribution in [3.63, 3.8) is 0 Å². The Hall–Kier alpha value is 0.832. The van der Waals surface area contributed by atoms with Crippen LogP contribution in [0.3, 0.4) is 0 Å². The van der Waals surface area contributed by atoms with E-state index in [1.165, 1.54) is 0 Å². The zero-order valence-corrected chi connectivity index (χ0v) is 6.49. The van der Waals surface area contributed by atoms with Crippen molar-refractivity contribution in [1.29, 1.82) is 0 Å². The molecule has 0 aliphatic rings. The Labute approximate surface area is 66.1 Å². The molecule has 2 nitrogen and oxygen atoms in total. The number of aliphatic carboxylic acids is 1. The van der Waals surface area contributed by atoms with Gasteiger partial charge in [-0.25, -0.2) is 0 Å². The smallest absolute Gasteiger partial charge is 0.326 e. The van der Waals surface area contributed by atoms with Gasteiger partial charge in [0.1, 0.15) is 4.58 Å². The van der Waals surface area contributed by atoms with Crippen molar-refractivity contribution in [2.75, 3.05) is 0 Å². The van der Waals surface area contributed by atoms with E-state index in [9.17, 15) is 4.79 Å². The molecule has 7 heavy (non-hydrogen) atoms. The Balaban J connectivity index is 0. The SMILES string of the molecule is O=C(O)C(S)S.[Pd]. The van der Waals surface area contributed by atoms with Gasteiger partial charge in [-0.15, -0.1) is 0 Å². The van der Waals surface area contributed by atoms with E-state index in [1.54, 1.807) is 0 Å². The maximum atomic E-state index is 9.55. The summed E-state index contributed by atoms with van der Waals surface area (Å²) in [4.78, 5) is 9.55. The van der Waals surface area contributed by atoms with E-state index >= 15 is 0 Å². The zero-order valence-electron chi connectivity index (χ0n) is 3.14.